The van der Waals surface area contributed by atoms with Crippen molar-refractivity contribution in [2.75, 3.05) is 0 Å². The van der Waals surface area contributed by atoms with Crippen LogP contribution in [-0.4, -0.2) is 0 Å². The Bertz CT molecular complexity index is 816. The molecule has 0 amide bonds. The van der Waals surface area contributed by atoms with E-state index in [0.717, 1.165) is 6.42 Å². The smallest absolute Gasteiger partial charge is 0.0463 e. The van der Waals surface area contributed by atoms with Crippen LogP contribution in [0.3, 0.4) is 0 Å². The summed E-state index contributed by atoms with van der Waals surface area (Å²) in [6.45, 7) is 4.70. The second-order valence-corrected chi connectivity index (χ2v) is 7.70. The quantitative estimate of drug-likeness (QED) is 0.555. The first-order valence-corrected chi connectivity index (χ1v) is 9.01. The molecule has 3 aromatic carbocycles. The van der Waals surface area contributed by atoms with Gasteiger partial charge in [-0.1, -0.05) is 86.6 Å². The molecule has 3 aliphatic rings. The third-order valence-corrected chi connectivity index (χ3v) is 5.91. The maximum atomic E-state index is 2.37. The molecule has 0 radical (unpaired) electrons. The Kier molecular flexibility index (Phi) is 2.83. The highest BCUT2D eigenvalue weighted by Crippen LogP contribution is 2.60. The maximum Gasteiger partial charge on any atom is 0.0463 e. The second kappa shape index (κ2) is 4.83. The van der Waals surface area contributed by atoms with Crippen molar-refractivity contribution in [2.24, 2.45) is 5.92 Å². The first-order chi connectivity index (χ1) is 11.7. The van der Waals surface area contributed by atoms with Crippen molar-refractivity contribution in [3.05, 3.63) is 106 Å². The van der Waals surface area contributed by atoms with Crippen LogP contribution < -0.4 is 0 Å². The zero-order valence-electron chi connectivity index (χ0n) is 14.3. The first kappa shape index (κ1) is 14.0. The first-order valence-electron chi connectivity index (χ1n) is 9.01. The molecule has 0 atom stereocenters. The molecule has 0 N–H and O–H groups in total. The van der Waals surface area contributed by atoms with Gasteiger partial charge in [-0.05, 0) is 45.7 Å². The van der Waals surface area contributed by atoms with E-state index in [4.69, 9.17) is 0 Å². The summed E-state index contributed by atoms with van der Waals surface area (Å²) in [6.07, 6.45) is 1.16. The summed E-state index contributed by atoms with van der Waals surface area (Å²) in [5.41, 5.74) is 9.12. The van der Waals surface area contributed by atoms with Gasteiger partial charge in [0.25, 0.3) is 0 Å². The Balaban J connectivity index is 1.96. The zero-order valence-corrected chi connectivity index (χ0v) is 14.3. The molecule has 0 heterocycles. The van der Waals surface area contributed by atoms with Crippen LogP contribution in [0.4, 0.5) is 0 Å². The van der Waals surface area contributed by atoms with Gasteiger partial charge in [0.1, 0.15) is 0 Å². The van der Waals surface area contributed by atoms with Gasteiger partial charge < -0.3 is 0 Å². The standard InChI is InChI=1S/C24H22/c1-16(2)15-24-20-12-6-3-9-17(20)23(18-10-4-7-13-21(18)24)19-11-5-8-14-22(19)24/h3-14,16,23H,15H2,1-2H3. The Hall–Kier alpha value is -2.34. The molecule has 2 bridgehead atoms. The van der Waals surface area contributed by atoms with Gasteiger partial charge in [0, 0.05) is 11.3 Å². The van der Waals surface area contributed by atoms with Crippen molar-refractivity contribution in [1.29, 1.82) is 0 Å². The predicted molar refractivity (Wildman–Crippen MR) is 99.6 cm³/mol. The zero-order chi connectivity index (χ0) is 16.3. The van der Waals surface area contributed by atoms with Gasteiger partial charge in [-0.15, -0.1) is 0 Å². The van der Waals surface area contributed by atoms with Gasteiger partial charge in [0.15, 0.2) is 0 Å². The minimum Gasteiger partial charge on any atom is -0.0627 e. The molecule has 3 aliphatic carbocycles. The van der Waals surface area contributed by atoms with E-state index in [0.29, 0.717) is 11.8 Å². The fraction of sp³-hybridized carbons (Fsp3) is 0.250. The number of hydrogen-bond acceptors (Lipinski definition) is 0. The summed E-state index contributed by atoms with van der Waals surface area (Å²) < 4.78 is 0. The molecule has 0 saturated carbocycles. The minimum absolute atomic E-state index is 0.00664. The van der Waals surface area contributed by atoms with Crippen LogP contribution in [0.5, 0.6) is 0 Å². The summed E-state index contributed by atoms with van der Waals surface area (Å²) in [6, 6.07) is 27.4. The van der Waals surface area contributed by atoms with Crippen LogP contribution in [0, 0.1) is 5.92 Å². The molecule has 0 aliphatic heterocycles. The molecule has 0 unspecified atom stereocenters. The van der Waals surface area contributed by atoms with E-state index < -0.39 is 0 Å². The van der Waals surface area contributed by atoms with Crippen LogP contribution in [0.25, 0.3) is 0 Å². The van der Waals surface area contributed by atoms with Crippen molar-refractivity contribution in [3.8, 4) is 0 Å². The molecule has 6 rings (SSSR count). The van der Waals surface area contributed by atoms with Gasteiger partial charge in [-0.25, -0.2) is 0 Å². The summed E-state index contributed by atoms with van der Waals surface area (Å²) in [5, 5.41) is 0. The van der Waals surface area contributed by atoms with Crippen molar-refractivity contribution >= 4 is 0 Å². The highest BCUT2D eigenvalue weighted by molar-refractivity contribution is 5.71. The normalized spacial score (nSPS) is 22.9. The predicted octanol–water partition coefficient (Wildman–Crippen LogP) is 5.87. The lowest BCUT2D eigenvalue weighted by molar-refractivity contribution is 0.424. The highest BCUT2D eigenvalue weighted by atomic mass is 14.5. The van der Waals surface area contributed by atoms with Crippen LogP contribution in [0.1, 0.15) is 59.6 Å². The largest absolute Gasteiger partial charge is 0.0627 e. The molecule has 118 valence electrons. The van der Waals surface area contributed by atoms with Gasteiger partial charge in [0.05, 0.1) is 0 Å². The fourth-order valence-corrected chi connectivity index (χ4v) is 5.29. The maximum absolute atomic E-state index is 2.37. The molecule has 0 spiro atoms. The summed E-state index contributed by atoms with van der Waals surface area (Å²) >= 11 is 0. The third kappa shape index (κ3) is 1.59. The second-order valence-electron chi connectivity index (χ2n) is 7.70. The average molecular weight is 310 g/mol. The topological polar surface area (TPSA) is 0 Å². The van der Waals surface area contributed by atoms with Crippen molar-refractivity contribution in [1.82, 2.24) is 0 Å². The number of hydrogen-bond donors (Lipinski definition) is 0. The van der Waals surface area contributed by atoms with E-state index in [9.17, 15) is 0 Å². The molecular formula is C24H22. The lowest BCUT2D eigenvalue weighted by atomic mass is 9.51. The summed E-state index contributed by atoms with van der Waals surface area (Å²) in [5.74, 6) is 1.02. The Morgan fingerprint density at radius 1 is 0.667 bits per heavy atom. The van der Waals surface area contributed by atoms with E-state index in [1.165, 1.54) is 33.4 Å². The highest BCUT2D eigenvalue weighted by Gasteiger charge is 2.51. The third-order valence-electron chi connectivity index (χ3n) is 5.91. The lowest BCUT2D eigenvalue weighted by Gasteiger charge is -2.51. The fourth-order valence-electron chi connectivity index (χ4n) is 5.29. The van der Waals surface area contributed by atoms with Crippen molar-refractivity contribution in [3.63, 3.8) is 0 Å². The molecule has 24 heavy (non-hydrogen) atoms. The van der Waals surface area contributed by atoms with E-state index >= 15 is 0 Å². The molecule has 0 saturated heterocycles. The Morgan fingerprint density at radius 3 is 1.42 bits per heavy atom. The van der Waals surface area contributed by atoms with Crippen LogP contribution in [0.2, 0.25) is 0 Å². The number of rotatable bonds is 2. The van der Waals surface area contributed by atoms with E-state index in [-0.39, 0.29) is 5.41 Å². The van der Waals surface area contributed by atoms with Crippen LogP contribution >= 0.6 is 0 Å². The molecule has 3 aromatic rings. The average Bonchev–Trinajstić information content (AvgIpc) is 2.62. The molecule has 0 aromatic heterocycles. The van der Waals surface area contributed by atoms with Crippen LogP contribution in [-0.2, 0) is 5.41 Å². The molecule has 0 heteroatoms. The monoisotopic (exact) mass is 310 g/mol. The Labute approximate surface area is 144 Å². The SMILES string of the molecule is CC(C)CC12c3ccccc3C(c3ccccc31)c1ccccc12. The van der Waals surface area contributed by atoms with Crippen LogP contribution in [0.15, 0.2) is 72.8 Å². The van der Waals surface area contributed by atoms with E-state index in [1.54, 1.807) is 0 Å². The van der Waals surface area contributed by atoms with Gasteiger partial charge in [-0.2, -0.15) is 0 Å². The van der Waals surface area contributed by atoms with Gasteiger partial charge in [-0.3, -0.25) is 0 Å². The molecule has 0 nitrogen and oxygen atoms in total. The molecule has 0 fully saturated rings. The van der Waals surface area contributed by atoms with E-state index in [2.05, 4.69) is 86.6 Å². The summed E-state index contributed by atoms with van der Waals surface area (Å²) in [7, 11) is 0. The number of benzene rings is 3. The molecular weight excluding hydrogens is 288 g/mol. The van der Waals surface area contributed by atoms with Crippen molar-refractivity contribution in [2.45, 2.75) is 31.6 Å². The van der Waals surface area contributed by atoms with Gasteiger partial charge in [0.2, 0.25) is 0 Å². The van der Waals surface area contributed by atoms with E-state index in [1.807, 2.05) is 0 Å². The summed E-state index contributed by atoms with van der Waals surface area (Å²) in [4.78, 5) is 0. The van der Waals surface area contributed by atoms with Crippen molar-refractivity contribution < 1.29 is 0 Å². The Morgan fingerprint density at radius 2 is 1.04 bits per heavy atom. The minimum atomic E-state index is 0.00664. The van der Waals surface area contributed by atoms with Gasteiger partial charge >= 0.3 is 0 Å². The lowest BCUT2D eigenvalue weighted by Crippen LogP contribution is -2.43.